The molecular weight excluding hydrogens is 697 g/mol. The summed E-state index contributed by atoms with van der Waals surface area (Å²) in [5.74, 6) is -0.399. The minimum absolute atomic E-state index is 0.141. The van der Waals surface area contributed by atoms with Crippen LogP contribution in [0, 0.1) is 17.8 Å². The maximum Gasteiger partial charge on any atom is 0.303 e. The number of aliphatic hydroxyl groups excluding tert-OH is 1. The second-order valence-electron chi connectivity index (χ2n) is 16.9. The first kappa shape index (κ1) is 36.2. The second-order valence-corrected chi connectivity index (χ2v) is 16.9. The van der Waals surface area contributed by atoms with Gasteiger partial charge in [0.15, 0.2) is 11.2 Å². The number of hydrogen-bond donors (Lipinski definition) is 3. The van der Waals surface area contributed by atoms with Gasteiger partial charge >= 0.3 is 11.9 Å². The maximum absolute atomic E-state index is 13.2. The Hall–Kier alpha value is -4.45. The normalized spacial score (nSPS) is 33.4. The number of benzene rings is 2. The molecule has 290 valence electrons. The highest BCUT2D eigenvalue weighted by atomic mass is 16.6. The fourth-order valence-corrected chi connectivity index (χ4v) is 12.1. The van der Waals surface area contributed by atoms with Gasteiger partial charge in [0.2, 0.25) is 0 Å². The summed E-state index contributed by atoms with van der Waals surface area (Å²) in [6.07, 6.45) is 5.47. The van der Waals surface area contributed by atoms with E-state index in [1.54, 1.807) is 14.0 Å². The van der Waals surface area contributed by atoms with E-state index in [9.17, 15) is 19.5 Å². The number of allylic oxidation sites excluding steroid dienone is 1. The van der Waals surface area contributed by atoms with Crippen LogP contribution >= 0.6 is 0 Å². The summed E-state index contributed by atoms with van der Waals surface area (Å²) in [4.78, 5) is 51.4. The summed E-state index contributed by atoms with van der Waals surface area (Å²) in [6.45, 7) is 8.64. The standard InChI is InChI=1S/C44H52N4O7/c1-7-27-21-47(5)39-17-34-28-10-8-9-11-36(28)45-40(34)33(16-35(27)44(39,22-49)55-25(4)52)32-15-31-29-12-13-48-20-26-14-30(23(2)50)42(48)43(19-26,54-24(3)51)41(29)46-37(31)18-38(32)53-6/h7-11,15,18,26,30,33,35,39,42,45-46,49H,12-14,16-17,19-22H2,1-6H3. The van der Waals surface area contributed by atoms with E-state index < -0.39 is 17.2 Å². The topological polar surface area (TPSA) is 137 Å². The summed E-state index contributed by atoms with van der Waals surface area (Å²) < 4.78 is 19.1. The third-order valence-corrected chi connectivity index (χ3v) is 14.1. The van der Waals surface area contributed by atoms with Crippen molar-refractivity contribution < 1.29 is 33.7 Å². The molecule has 6 aliphatic rings. The van der Waals surface area contributed by atoms with Crippen LogP contribution < -0.4 is 4.74 Å². The van der Waals surface area contributed by atoms with Gasteiger partial charge < -0.3 is 29.3 Å². The van der Waals surface area contributed by atoms with Crippen LogP contribution in [0.15, 0.2) is 48.0 Å². The highest BCUT2D eigenvalue weighted by Crippen LogP contribution is 2.56. The van der Waals surface area contributed by atoms with Gasteiger partial charge in [-0.2, -0.15) is 0 Å². The number of carbonyl (C=O) groups excluding carboxylic acids is 3. The Morgan fingerprint density at radius 3 is 2.49 bits per heavy atom. The first-order valence-electron chi connectivity index (χ1n) is 19.8. The third-order valence-electron chi connectivity index (χ3n) is 14.1. The minimum atomic E-state index is -1.17. The molecule has 9 unspecified atom stereocenters. The Bertz CT molecular complexity index is 2270. The Balaban J connectivity index is 1.28. The number of methoxy groups -OCH3 is 1. The lowest BCUT2D eigenvalue weighted by Crippen LogP contribution is -2.66. The smallest absolute Gasteiger partial charge is 0.303 e. The first-order valence-corrected chi connectivity index (χ1v) is 19.8. The molecule has 2 aliphatic carbocycles. The van der Waals surface area contributed by atoms with Gasteiger partial charge in [-0.3, -0.25) is 24.2 Å². The number of Topliss-reactive ketones (excluding diaryl/α,β-unsaturated/α-hetero) is 1. The van der Waals surface area contributed by atoms with E-state index in [-0.39, 0.29) is 54.1 Å². The van der Waals surface area contributed by atoms with Crippen molar-refractivity contribution in [1.82, 2.24) is 19.8 Å². The maximum atomic E-state index is 13.2. The summed E-state index contributed by atoms with van der Waals surface area (Å²) in [5, 5.41) is 13.6. The molecule has 0 spiro atoms. The monoisotopic (exact) mass is 748 g/mol. The molecule has 1 saturated carbocycles. The number of fused-ring (bicyclic) bond motifs is 9. The van der Waals surface area contributed by atoms with Crippen molar-refractivity contribution in [2.75, 3.05) is 40.4 Å². The Labute approximate surface area is 321 Å². The van der Waals surface area contributed by atoms with Crippen LogP contribution in [0.3, 0.4) is 0 Å². The van der Waals surface area contributed by atoms with Crippen molar-refractivity contribution in [2.24, 2.45) is 17.8 Å². The molecule has 11 nitrogen and oxygen atoms in total. The number of likely N-dealkylation sites (N-methyl/N-ethyl adjacent to an activating group) is 1. The summed E-state index contributed by atoms with van der Waals surface area (Å²) >= 11 is 0. The lowest BCUT2D eigenvalue weighted by Gasteiger charge is -2.57. The van der Waals surface area contributed by atoms with Gasteiger partial charge in [-0.05, 0) is 82.2 Å². The van der Waals surface area contributed by atoms with Crippen molar-refractivity contribution in [2.45, 2.75) is 89.0 Å². The van der Waals surface area contributed by atoms with Crippen molar-refractivity contribution >= 4 is 39.5 Å². The number of aromatic nitrogens is 2. The molecule has 2 aromatic carbocycles. The van der Waals surface area contributed by atoms with E-state index in [0.717, 1.165) is 81.4 Å². The fourth-order valence-electron chi connectivity index (χ4n) is 12.1. The fraction of sp³-hybridized carbons (Fsp3) is 0.523. The zero-order valence-electron chi connectivity index (χ0n) is 32.7. The molecule has 4 aliphatic heterocycles. The average Bonchev–Trinajstić information content (AvgIpc) is 3.68. The molecule has 0 radical (unpaired) electrons. The van der Waals surface area contributed by atoms with Gasteiger partial charge in [-0.1, -0.05) is 29.8 Å². The zero-order valence-corrected chi connectivity index (χ0v) is 32.7. The van der Waals surface area contributed by atoms with Crippen LogP contribution in [-0.2, 0) is 42.3 Å². The van der Waals surface area contributed by atoms with Crippen molar-refractivity contribution in [1.29, 1.82) is 0 Å². The molecule has 3 N–H and O–H groups in total. The molecule has 9 atom stereocenters. The predicted molar refractivity (Wildman–Crippen MR) is 208 cm³/mol. The molecule has 4 fully saturated rings. The van der Waals surface area contributed by atoms with Gasteiger partial charge in [-0.15, -0.1) is 0 Å². The number of H-pyrrole nitrogens is 2. The number of aliphatic hydroxyl groups is 1. The minimum Gasteiger partial charge on any atom is -0.496 e. The average molecular weight is 749 g/mol. The molecule has 0 amide bonds. The Morgan fingerprint density at radius 2 is 1.78 bits per heavy atom. The number of ketones is 1. The highest BCUT2D eigenvalue weighted by molar-refractivity contribution is 5.90. The SMILES string of the molecule is CC=C1CN(C)C2Cc3c([nH]c4ccccc34)C(c3cc4c5c([nH]c4cc3OC)C3(OC(C)=O)CC4CC(C(C)=O)C3N(CC5)C4)CC1C2(CO)OC(C)=O. The van der Waals surface area contributed by atoms with Crippen molar-refractivity contribution in [3.8, 4) is 5.75 Å². The molecule has 2 aromatic heterocycles. The second kappa shape index (κ2) is 13.1. The zero-order chi connectivity index (χ0) is 38.6. The number of para-hydroxylation sites is 1. The molecule has 4 aromatic rings. The van der Waals surface area contributed by atoms with Gasteiger partial charge in [-0.25, -0.2) is 0 Å². The summed E-state index contributed by atoms with van der Waals surface area (Å²) in [7, 11) is 3.75. The summed E-state index contributed by atoms with van der Waals surface area (Å²) in [6, 6.07) is 12.2. The van der Waals surface area contributed by atoms with Gasteiger partial charge in [0.1, 0.15) is 11.5 Å². The first-order chi connectivity index (χ1) is 26.4. The number of likely N-dealkylation sites (tertiary alicyclic amines) is 1. The van der Waals surface area contributed by atoms with Crippen LogP contribution in [0.1, 0.15) is 81.0 Å². The number of carbonyl (C=O) groups is 3. The molecule has 6 heterocycles. The molecule has 11 heteroatoms. The largest absolute Gasteiger partial charge is 0.496 e. The van der Waals surface area contributed by atoms with E-state index in [1.165, 1.54) is 13.8 Å². The summed E-state index contributed by atoms with van der Waals surface area (Å²) in [5.41, 5.74) is 6.13. The van der Waals surface area contributed by atoms with Crippen LogP contribution in [-0.4, -0.2) is 101 Å². The molecule has 10 rings (SSSR count). The lowest BCUT2D eigenvalue weighted by atomic mass is 9.62. The number of nitrogens with one attached hydrogen (secondary N) is 2. The van der Waals surface area contributed by atoms with Gasteiger partial charge in [0, 0.05) is 90.4 Å². The Kier molecular flexibility index (Phi) is 8.60. The number of esters is 2. The van der Waals surface area contributed by atoms with Gasteiger partial charge in [0.05, 0.1) is 31.5 Å². The number of rotatable bonds is 6. The van der Waals surface area contributed by atoms with E-state index in [2.05, 4.69) is 63.2 Å². The molecule has 55 heavy (non-hydrogen) atoms. The molecule has 3 saturated heterocycles. The van der Waals surface area contributed by atoms with Crippen LogP contribution in [0.25, 0.3) is 21.8 Å². The highest BCUT2D eigenvalue weighted by Gasteiger charge is 2.62. The number of nitrogens with zero attached hydrogens (tertiary/aromatic N) is 2. The van der Waals surface area contributed by atoms with E-state index in [0.29, 0.717) is 31.6 Å². The van der Waals surface area contributed by atoms with E-state index >= 15 is 0 Å². The Morgan fingerprint density at radius 1 is 1.00 bits per heavy atom. The van der Waals surface area contributed by atoms with E-state index in [4.69, 9.17) is 14.2 Å². The van der Waals surface area contributed by atoms with Crippen molar-refractivity contribution in [3.05, 3.63) is 76.1 Å². The lowest BCUT2D eigenvalue weighted by molar-refractivity contribution is -0.201. The number of piperidine rings is 3. The number of hydrogen-bond acceptors (Lipinski definition) is 9. The van der Waals surface area contributed by atoms with Gasteiger partial charge in [0.25, 0.3) is 0 Å². The van der Waals surface area contributed by atoms with Crippen LogP contribution in [0.4, 0.5) is 0 Å². The molecule has 6 bridgehead atoms. The van der Waals surface area contributed by atoms with Crippen molar-refractivity contribution in [3.63, 3.8) is 0 Å². The van der Waals surface area contributed by atoms with E-state index in [1.807, 2.05) is 13.0 Å². The predicted octanol–water partition coefficient (Wildman–Crippen LogP) is 5.52. The third kappa shape index (κ3) is 5.29. The molecular formula is C44H52N4O7. The number of ether oxygens (including phenoxy) is 3. The van der Waals surface area contributed by atoms with Crippen LogP contribution in [0.5, 0.6) is 5.75 Å². The quantitative estimate of drug-likeness (QED) is 0.172. The number of aromatic amines is 2. The van der Waals surface area contributed by atoms with Crippen LogP contribution in [0.2, 0.25) is 0 Å².